The van der Waals surface area contributed by atoms with Gasteiger partial charge in [-0.25, -0.2) is 9.97 Å². The maximum atomic E-state index is 12.4. The van der Waals surface area contributed by atoms with Crippen molar-refractivity contribution < 1.29 is 4.79 Å². The fraction of sp³-hybridized carbons (Fsp3) is 0.444. The third kappa shape index (κ3) is 3.45. The van der Waals surface area contributed by atoms with Gasteiger partial charge in [-0.2, -0.15) is 5.10 Å². The summed E-state index contributed by atoms with van der Waals surface area (Å²) in [5, 5.41) is 11.0. The van der Waals surface area contributed by atoms with Crippen LogP contribution in [0.5, 0.6) is 0 Å². The lowest BCUT2D eigenvalue weighted by molar-refractivity contribution is -0.121. The van der Waals surface area contributed by atoms with Gasteiger partial charge in [0.1, 0.15) is 0 Å². The predicted octanol–water partition coefficient (Wildman–Crippen LogP) is 1.23. The van der Waals surface area contributed by atoms with Crippen LogP contribution in [0.3, 0.4) is 0 Å². The number of nitrogens with zero attached hydrogens (tertiary/aromatic N) is 5. The first-order valence-corrected chi connectivity index (χ1v) is 9.08. The fourth-order valence-electron chi connectivity index (χ4n) is 3.28. The molecule has 1 amide bonds. The molecule has 26 heavy (non-hydrogen) atoms. The standard InChI is InChI=1S/C18H23N7O/c1-2-15(16-12-24-8-3-6-20-18(24)22-16)21-17(26)5-4-13-10-14-11-19-7-9-25(14)23-13/h3,6,8,10,12,15,19H,2,4-5,7,9,11H2,1H3,(H,21,26)/t15-/m0/s1. The number of fused-ring (bicyclic) bond motifs is 2. The molecule has 0 saturated heterocycles. The Morgan fingerprint density at radius 2 is 2.38 bits per heavy atom. The molecule has 136 valence electrons. The van der Waals surface area contributed by atoms with Crippen molar-refractivity contribution in [2.75, 3.05) is 6.54 Å². The SMILES string of the molecule is CC[C@H](NC(=O)CCc1cc2n(n1)CCNC2)c1cn2cccnc2n1. The quantitative estimate of drug-likeness (QED) is 0.696. The average Bonchev–Trinajstić information content (AvgIpc) is 3.27. The normalized spacial score (nSPS) is 15.0. The highest BCUT2D eigenvalue weighted by Crippen LogP contribution is 2.16. The van der Waals surface area contributed by atoms with Crippen LogP contribution in [-0.2, 0) is 24.3 Å². The maximum Gasteiger partial charge on any atom is 0.233 e. The van der Waals surface area contributed by atoms with Crippen LogP contribution in [0.1, 0.15) is 42.9 Å². The summed E-state index contributed by atoms with van der Waals surface area (Å²) in [4.78, 5) is 21.2. The second-order valence-electron chi connectivity index (χ2n) is 6.55. The minimum absolute atomic E-state index is 0.0194. The summed E-state index contributed by atoms with van der Waals surface area (Å²) >= 11 is 0. The van der Waals surface area contributed by atoms with E-state index in [9.17, 15) is 4.79 Å². The highest BCUT2D eigenvalue weighted by molar-refractivity contribution is 5.76. The molecule has 1 aliphatic heterocycles. The summed E-state index contributed by atoms with van der Waals surface area (Å²) < 4.78 is 3.90. The van der Waals surface area contributed by atoms with E-state index in [4.69, 9.17) is 0 Å². The summed E-state index contributed by atoms with van der Waals surface area (Å²) in [6.45, 7) is 4.72. The molecule has 1 atom stereocenters. The van der Waals surface area contributed by atoms with Gasteiger partial charge in [-0.05, 0) is 18.6 Å². The Morgan fingerprint density at radius 1 is 1.46 bits per heavy atom. The number of carbonyl (C=O) groups is 1. The first kappa shape index (κ1) is 16.7. The molecule has 4 heterocycles. The van der Waals surface area contributed by atoms with E-state index in [0.29, 0.717) is 18.6 Å². The Bertz CT molecular complexity index is 857. The molecule has 0 radical (unpaired) electrons. The minimum Gasteiger partial charge on any atom is -0.348 e. The summed E-state index contributed by atoms with van der Waals surface area (Å²) in [7, 11) is 0. The molecule has 8 heteroatoms. The molecule has 1 aliphatic rings. The van der Waals surface area contributed by atoms with Crippen molar-refractivity contribution in [1.29, 1.82) is 0 Å². The Morgan fingerprint density at radius 3 is 3.19 bits per heavy atom. The van der Waals surface area contributed by atoms with Crippen molar-refractivity contribution >= 4 is 11.7 Å². The van der Waals surface area contributed by atoms with Crippen LogP contribution in [0.15, 0.2) is 30.7 Å². The first-order chi connectivity index (χ1) is 12.7. The third-order valence-electron chi connectivity index (χ3n) is 4.68. The van der Waals surface area contributed by atoms with Crippen LogP contribution >= 0.6 is 0 Å². The van der Waals surface area contributed by atoms with Crippen LogP contribution in [0.2, 0.25) is 0 Å². The monoisotopic (exact) mass is 353 g/mol. The van der Waals surface area contributed by atoms with E-state index in [0.717, 1.165) is 37.4 Å². The van der Waals surface area contributed by atoms with Crippen molar-refractivity contribution in [2.45, 2.75) is 45.3 Å². The van der Waals surface area contributed by atoms with Gasteiger partial charge >= 0.3 is 0 Å². The first-order valence-electron chi connectivity index (χ1n) is 9.08. The van der Waals surface area contributed by atoms with Crippen molar-refractivity contribution in [3.63, 3.8) is 0 Å². The van der Waals surface area contributed by atoms with Gasteiger partial charge in [-0.1, -0.05) is 6.92 Å². The average molecular weight is 353 g/mol. The van der Waals surface area contributed by atoms with Crippen molar-refractivity contribution in [2.24, 2.45) is 0 Å². The van der Waals surface area contributed by atoms with E-state index in [1.807, 2.05) is 34.5 Å². The largest absolute Gasteiger partial charge is 0.348 e. The maximum absolute atomic E-state index is 12.4. The molecule has 0 bridgehead atoms. The summed E-state index contributed by atoms with van der Waals surface area (Å²) in [6.07, 6.45) is 7.39. The lowest BCUT2D eigenvalue weighted by atomic mass is 10.1. The van der Waals surface area contributed by atoms with Crippen LogP contribution in [-0.4, -0.2) is 36.6 Å². The molecule has 3 aromatic heterocycles. The van der Waals surface area contributed by atoms with Gasteiger partial charge in [0, 0.05) is 44.5 Å². The second-order valence-corrected chi connectivity index (χ2v) is 6.55. The van der Waals surface area contributed by atoms with Gasteiger partial charge in [0.25, 0.3) is 0 Å². The molecular weight excluding hydrogens is 330 g/mol. The van der Waals surface area contributed by atoms with Crippen LogP contribution in [0, 0.1) is 0 Å². The van der Waals surface area contributed by atoms with E-state index in [-0.39, 0.29) is 11.9 Å². The van der Waals surface area contributed by atoms with Gasteiger partial charge in [-0.3, -0.25) is 13.9 Å². The lowest BCUT2D eigenvalue weighted by Crippen LogP contribution is -2.28. The summed E-state index contributed by atoms with van der Waals surface area (Å²) in [5.74, 6) is 0.665. The zero-order chi connectivity index (χ0) is 17.9. The van der Waals surface area contributed by atoms with Gasteiger partial charge in [0.05, 0.1) is 29.7 Å². The Labute approximate surface area is 151 Å². The number of imidazole rings is 1. The Balaban J connectivity index is 1.37. The van der Waals surface area contributed by atoms with E-state index < -0.39 is 0 Å². The minimum atomic E-state index is -0.108. The van der Waals surface area contributed by atoms with Gasteiger partial charge in [0.2, 0.25) is 11.7 Å². The van der Waals surface area contributed by atoms with Crippen molar-refractivity contribution in [3.05, 3.63) is 47.8 Å². The number of carbonyl (C=O) groups excluding carboxylic acids is 1. The number of rotatable bonds is 6. The number of nitrogens with one attached hydrogen (secondary N) is 2. The third-order valence-corrected chi connectivity index (χ3v) is 4.68. The molecule has 0 spiro atoms. The van der Waals surface area contributed by atoms with Crippen molar-refractivity contribution in [3.8, 4) is 0 Å². The van der Waals surface area contributed by atoms with Crippen molar-refractivity contribution in [1.82, 2.24) is 34.8 Å². The van der Waals surface area contributed by atoms with E-state index in [1.165, 1.54) is 5.69 Å². The molecule has 8 nitrogen and oxygen atoms in total. The van der Waals surface area contributed by atoms with Crippen LogP contribution in [0.25, 0.3) is 5.78 Å². The number of hydrogen-bond donors (Lipinski definition) is 2. The highest BCUT2D eigenvalue weighted by Gasteiger charge is 2.17. The Kier molecular flexibility index (Phi) is 4.66. The molecule has 4 rings (SSSR count). The van der Waals surface area contributed by atoms with Gasteiger partial charge in [0.15, 0.2) is 0 Å². The van der Waals surface area contributed by atoms with E-state index >= 15 is 0 Å². The smallest absolute Gasteiger partial charge is 0.233 e. The van der Waals surface area contributed by atoms with Gasteiger partial charge < -0.3 is 10.6 Å². The zero-order valence-electron chi connectivity index (χ0n) is 14.9. The second kappa shape index (κ2) is 7.25. The van der Waals surface area contributed by atoms with Crippen LogP contribution < -0.4 is 10.6 Å². The molecule has 0 unspecified atom stereocenters. The molecule has 0 aliphatic carbocycles. The number of aryl methyl sites for hydroxylation is 1. The van der Waals surface area contributed by atoms with E-state index in [2.05, 4.69) is 31.8 Å². The Hall–Kier alpha value is -2.74. The zero-order valence-corrected chi connectivity index (χ0v) is 14.9. The molecular formula is C18H23N7O. The topological polar surface area (TPSA) is 89.1 Å². The lowest BCUT2D eigenvalue weighted by Gasteiger charge is -2.14. The predicted molar refractivity (Wildman–Crippen MR) is 96.4 cm³/mol. The fourth-order valence-corrected chi connectivity index (χ4v) is 3.28. The van der Waals surface area contributed by atoms with Gasteiger partial charge in [-0.15, -0.1) is 0 Å². The molecule has 0 saturated carbocycles. The number of hydrogen-bond acceptors (Lipinski definition) is 5. The molecule has 2 N–H and O–H groups in total. The number of amides is 1. The molecule has 0 aromatic carbocycles. The molecule has 3 aromatic rings. The van der Waals surface area contributed by atoms with Crippen LogP contribution in [0.4, 0.5) is 0 Å². The highest BCUT2D eigenvalue weighted by atomic mass is 16.1. The number of aromatic nitrogens is 5. The summed E-state index contributed by atoms with van der Waals surface area (Å²) in [6, 6.07) is 3.84. The molecule has 0 fully saturated rings. The summed E-state index contributed by atoms with van der Waals surface area (Å²) in [5.41, 5.74) is 3.00. The van der Waals surface area contributed by atoms with E-state index in [1.54, 1.807) is 6.20 Å².